The number of allylic oxidation sites excluding steroid dienone is 2. The second kappa shape index (κ2) is 13.2. The first-order valence-electron chi connectivity index (χ1n) is 12.9. The van der Waals surface area contributed by atoms with E-state index in [9.17, 15) is 4.79 Å². The van der Waals surface area contributed by atoms with Gasteiger partial charge in [0.15, 0.2) is 0 Å². The summed E-state index contributed by atoms with van der Waals surface area (Å²) in [7, 11) is 0. The Kier molecular flexibility index (Phi) is 9.26. The van der Waals surface area contributed by atoms with E-state index < -0.39 is 0 Å². The molecule has 0 amide bonds. The Labute approximate surface area is 221 Å². The summed E-state index contributed by atoms with van der Waals surface area (Å²) in [6.45, 7) is 4.30. The molecule has 0 aliphatic heterocycles. The number of hydrogen-bond donors (Lipinski definition) is 0. The van der Waals surface area contributed by atoms with Crippen molar-refractivity contribution >= 4 is 18.1 Å². The average Bonchev–Trinajstić information content (AvgIpc) is 2.94. The van der Waals surface area contributed by atoms with Gasteiger partial charge in [0.25, 0.3) is 0 Å². The number of ether oxygens (including phenoxy) is 1. The SMILES string of the molecule is C/C=C/CCc1ccc(OC(=O)c2ccc(/C=C/c3ccc(CC(C)c4ccccc4)cc3)cc2)cc1. The van der Waals surface area contributed by atoms with Crippen LogP contribution < -0.4 is 4.74 Å². The molecule has 0 aliphatic rings. The lowest BCUT2D eigenvalue weighted by molar-refractivity contribution is 0.0734. The maximum Gasteiger partial charge on any atom is 0.343 e. The molecule has 0 aromatic heterocycles. The molecule has 2 heteroatoms. The fourth-order valence-corrected chi connectivity index (χ4v) is 4.25. The minimum Gasteiger partial charge on any atom is -0.423 e. The van der Waals surface area contributed by atoms with Gasteiger partial charge >= 0.3 is 5.97 Å². The molecule has 4 rings (SSSR count). The molecular weight excluding hydrogens is 452 g/mol. The molecule has 2 nitrogen and oxygen atoms in total. The van der Waals surface area contributed by atoms with E-state index in [0.29, 0.717) is 17.2 Å². The zero-order chi connectivity index (χ0) is 25.9. The van der Waals surface area contributed by atoms with Crippen LogP contribution in [-0.2, 0) is 12.8 Å². The van der Waals surface area contributed by atoms with Crippen LogP contribution in [0.25, 0.3) is 12.2 Å². The summed E-state index contributed by atoms with van der Waals surface area (Å²) in [5.74, 6) is 0.697. The van der Waals surface area contributed by atoms with Crippen molar-refractivity contribution in [2.45, 2.75) is 39.0 Å². The Bertz CT molecular complexity index is 1310. The largest absolute Gasteiger partial charge is 0.423 e. The number of hydrogen-bond acceptors (Lipinski definition) is 2. The van der Waals surface area contributed by atoms with Gasteiger partial charge < -0.3 is 4.74 Å². The van der Waals surface area contributed by atoms with Gasteiger partial charge in [-0.25, -0.2) is 4.79 Å². The third kappa shape index (κ3) is 7.91. The molecule has 0 saturated carbocycles. The van der Waals surface area contributed by atoms with Gasteiger partial charge in [-0.3, -0.25) is 0 Å². The van der Waals surface area contributed by atoms with Crippen LogP contribution in [-0.4, -0.2) is 5.97 Å². The maximum absolute atomic E-state index is 12.5. The summed E-state index contributed by atoms with van der Waals surface area (Å²) in [6, 6.07) is 34.6. The highest BCUT2D eigenvalue weighted by atomic mass is 16.5. The molecule has 0 N–H and O–H groups in total. The van der Waals surface area contributed by atoms with Crippen molar-refractivity contribution in [2.75, 3.05) is 0 Å². The molecule has 0 aliphatic carbocycles. The van der Waals surface area contributed by atoms with E-state index >= 15 is 0 Å². The van der Waals surface area contributed by atoms with Gasteiger partial charge in [-0.15, -0.1) is 0 Å². The highest BCUT2D eigenvalue weighted by Crippen LogP contribution is 2.21. The Hall–Kier alpha value is -4.17. The van der Waals surface area contributed by atoms with Crippen LogP contribution in [0.3, 0.4) is 0 Å². The van der Waals surface area contributed by atoms with Gasteiger partial charge in [0, 0.05) is 0 Å². The lowest BCUT2D eigenvalue weighted by Crippen LogP contribution is -2.08. The Balaban J connectivity index is 1.29. The van der Waals surface area contributed by atoms with E-state index in [-0.39, 0.29) is 5.97 Å². The quantitative estimate of drug-likeness (QED) is 0.0968. The first-order chi connectivity index (χ1) is 18.1. The molecule has 0 radical (unpaired) electrons. The highest BCUT2D eigenvalue weighted by Gasteiger charge is 2.09. The second-order valence-corrected chi connectivity index (χ2v) is 9.35. The maximum atomic E-state index is 12.5. The molecule has 1 unspecified atom stereocenters. The molecule has 1 atom stereocenters. The number of esters is 1. The Morgan fingerprint density at radius 2 is 1.35 bits per heavy atom. The van der Waals surface area contributed by atoms with Crippen molar-refractivity contribution < 1.29 is 9.53 Å². The van der Waals surface area contributed by atoms with Gasteiger partial charge in [-0.05, 0) is 84.2 Å². The summed E-state index contributed by atoms with van der Waals surface area (Å²) < 4.78 is 5.55. The fourth-order valence-electron chi connectivity index (χ4n) is 4.25. The van der Waals surface area contributed by atoms with Gasteiger partial charge in [-0.2, -0.15) is 0 Å². The second-order valence-electron chi connectivity index (χ2n) is 9.35. The van der Waals surface area contributed by atoms with E-state index in [1.54, 1.807) is 0 Å². The number of aryl methyl sites for hydroxylation is 1. The fraction of sp³-hybridized carbons (Fsp3) is 0.171. The molecular formula is C35H34O2. The lowest BCUT2D eigenvalue weighted by Gasteiger charge is -2.12. The minimum atomic E-state index is -0.350. The van der Waals surface area contributed by atoms with E-state index in [1.165, 1.54) is 16.7 Å². The van der Waals surface area contributed by atoms with Crippen LogP contribution in [0, 0.1) is 0 Å². The van der Waals surface area contributed by atoms with Crippen molar-refractivity contribution in [3.8, 4) is 5.75 Å². The molecule has 4 aromatic rings. The van der Waals surface area contributed by atoms with Crippen LogP contribution in [0.5, 0.6) is 5.75 Å². The van der Waals surface area contributed by atoms with E-state index in [0.717, 1.165) is 30.4 Å². The van der Waals surface area contributed by atoms with Crippen LogP contribution in [0.4, 0.5) is 0 Å². The standard InChI is InChI=1S/C35H34O2/c1-3-4-6-9-28-20-24-34(25-21-28)37-35(36)33-22-18-30(19-23-33)13-12-29-14-16-31(17-15-29)26-27(2)32-10-7-5-8-11-32/h3-5,7-8,10-25,27H,6,9,26H2,1-2H3/b4-3+,13-12+. The van der Waals surface area contributed by atoms with Gasteiger partial charge in [-0.1, -0.05) is 110 Å². The predicted molar refractivity (Wildman–Crippen MR) is 155 cm³/mol. The molecule has 4 aromatic carbocycles. The molecule has 0 spiro atoms. The van der Waals surface area contributed by atoms with Gasteiger partial charge in [0.05, 0.1) is 5.56 Å². The molecule has 0 heterocycles. The monoisotopic (exact) mass is 486 g/mol. The van der Waals surface area contributed by atoms with Crippen molar-refractivity contribution in [1.29, 1.82) is 0 Å². The summed E-state index contributed by atoms with van der Waals surface area (Å²) in [5, 5.41) is 0. The third-order valence-corrected chi connectivity index (χ3v) is 6.47. The number of benzene rings is 4. The molecule has 37 heavy (non-hydrogen) atoms. The Morgan fingerprint density at radius 3 is 1.97 bits per heavy atom. The van der Waals surface area contributed by atoms with Crippen LogP contribution in [0.2, 0.25) is 0 Å². The molecule has 0 saturated heterocycles. The summed E-state index contributed by atoms with van der Waals surface area (Å²) in [4.78, 5) is 12.5. The van der Waals surface area contributed by atoms with Crippen molar-refractivity contribution in [3.63, 3.8) is 0 Å². The molecule has 186 valence electrons. The number of carbonyl (C=O) groups is 1. The first-order valence-corrected chi connectivity index (χ1v) is 12.9. The van der Waals surface area contributed by atoms with Crippen molar-refractivity contribution in [1.82, 2.24) is 0 Å². The van der Waals surface area contributed by atoms with Crippen molar-refractivity contribution in [3.05, 3.63) is 149 Å². The van der Waals surface area contributed by atoms with Crippen LogP contribution in [0.1, 0.15) is 64.4 Å². The molecule has 0 fully saturated rings. The summed E-state index contributed by atoms with van der Waals surface area (Å²) in [5.41, 5.74) is 6.64. The smallest absolute Gasteiger partial charge is 0.343 e. The zero-order valence-electron chi connectivity index (χ0n) is 21.6. The summed E-state index contributed by atoms with van der Waals surface area (Å²) >= 11 is 0. The first kappa shape index (κ1) is 25.9. The number of carbonyl (C=O) groups excluding carboxylic acids is 1. The average molecular weight is 487 g/mol. The van der Waals surface area contributed by atoms with Gasteiger partial charge in [0.1, 0.15) is 5.75 Å². The predicted octanol–water partition coefficient (Wildman–Crippen LogP) is 8.93. The van der Waals surface area contributed by atoms with E-state index in [2.05, 4.69) is 85.8 Å². The normalized spacial score (nSPS) is 12.2. The summed E-state index contributed by atoms with van der Waals surface area (Å²) in [6.07, 6.45) is 11.4. The zero-order valence-corrected chi connectivity index (χ0v) is 21.6. The lowest BCUT2D eigenvalue weighted by atomic mass is 9.93. The van der Waals surface area contributed by atoms with Crippen LogP contribution in [0.15, 0.2) is 115 Å². The third-order valence-electron chi connectivity index (χ3n) is 6.47. The van der Waals surface area contributed by atoms with Gasteiger partial charge in [0.2, 0.25) is 0 Å². The Morgan fingerprint density at radius 1 is 0.757 bits per heavy atom. The minimum absolute atomic E-state index is 0.350. The molecule has 0 bridgehead atoms. The van der Waals surface area contributed by atoms with E-state index in [4.69, 9.17) is 4.74 Å². The highest BCUT2D eigenvalue weighted by molar-refractivity contribution is 5.91. The van der Waals surface area contributed by atoms with E-state index in [1.807, 2.05) is 55.5 Å². The van der Waals surface area contributed by atoms with Crippen molar-refractivity contribution in [2.24, 2.45) is 0 Å². The topological polar surface area (TPSA) is 26.3 Å². The number of rotatable bonds is 10. The van der Waals surface area contributed by atoms with Crippen LogP contribution >= 0.6 is 0 Å².